The number of aromatic nitrogens is 2. The van der Waals surface area contributed by atoms with Gasteiger partial charge in [0.15, 0.2) is 0 Å². The van der Waals surface area contributed by atoms with E-state index in [1.165, 1.54) is 0 Å². The van der Waals surface area contributed by atoms with Gasteiger partial charge >= 0.3 is 0 Å². The molecule has 0 unspecified atom stereocenters. The second kappa shape index (κ2) is 7.10. The van der Waals surface area contributed by atoms with Crippen molar-refractivity contribution >= 4 is 17.5 Å². The monoisotopic (exact) mass is 334 g/mol. The van der Waals surface area contributed by atoms with Crippen LogP contribution >= 0.6 is 11.6 Å². The first-order valence-electron chi connectivity index (χ1n) is 7.73. The van der Waals surface area contributed by atoms with E-state index in [1.807, 2.05) is 17.0 Å². The van der Waals surface area contributed by atoms with Crippen LogP contribution < -0.4 is 5.73 Å². The van der Waals surface area contributed by atoms with Gasteiger partial charge in [-0.1, -0.05) is 16.8 Å². The summed E-state index contributed by atoms with van der Waals surface area (Å²) >= 11 is 5.86. The molecule has 0 saturated carbocycles. The highest BCUT2D eigenvalue weighted by Crippen LogP contribution is 2.19. The van der Waals surface area contributed by atoms with Crippen LogP contribution in [0.5, 0.6) is 0 Å². The maximum atomic E-state index is 12.2. The van der Waals surface area contributed by atoms with E-state index >= 15 is 0 Å². The minimum atomic E-state index is 0.114. The van der Waals surface area contributed by atoms with E-state index in [4.69, 9.17) is 21.9 Å². The molecule has 6 nitrogen and oxygen atoms in total. The number of carbonyl (C=O) groups excluding carboxylic acids is 1. The Balaban J connectivity index is 1.55. The molecule has 1 amide bonds. The van der Waals surface area contributed by atoms with Crippen molar-refractivity contribution in [1.82, 2.24) is 15.0 Å². The second-order valence-corrected chi connectivity index (χ2v) is 6.17. The normalized spacial score (nSPS) is 15.8. The molecule has 1 aliphatic heterocycles. The van der Waals surface area contributed by atoms with E-state index in [1.54, 1.807) is 12.1 Å². The van der Waals surface area contributed by atoms with Gasteiger partial charge in [0.1, 0.15) is 0 Å². The van der Waals surface area contributed by atoms with Gasteiger partial charge in [0, 0.05) is 42.6 Å². The summed E-state index contributed by atoms with van der Waals surface area (Å²) in [5.74, 6) is 1.09. The molecule has 0 bridgehead atoms. The molecule has 1 aromatic heterocycles. The van der Waals surface area contributed by atoms with Crippen molar-refractivity contribution in [3.63, 3.8) is 0 Å². The third-order valence-corrected chi connectivity index (χ3v) is 4.27. The zero-order valence-corrected chi connectivity index (χ0v) is 13.5. The van der Waals surface area contributed by atoms with Crippen molar-refractivity contribution < 1.29 is 9.32 Å². The van der Waals surface area contributed by atoms with Gasteiger partial charge in [-0.25, -0.2) is 0 Å². The van der Waals surface area contributed by atoms with Gasteiger partial charge in [-0.05, 0) is 37.1 Å². The van der Waals surface area contributed by atoms with Crippen LogP contribution in [0.4, 0.5) is 0 Å². The van der Waals surface area contributed by atoms with E-state index in [-0.39, 0.29) is 11.9 Å². The highest BCUT2D eigenvalue weighted by atomic mass is 35.5. The lowest BCUT2D eigenvalue weighted by molar-refractivity contribution is -0.132. The zero-order valence-electron chi connectivity index (χ0n) is 12.7. The van der Waals surface area contributed by atoms with Crippen molar-refractivity contribution in [2.45, 2.75) is 31.7 Å². The van der Waals surface area contributed by atoms with E-state index in [0.717, 1.165) is 31.5 Å². The summed E-state index contributed by atoms with van der Waals surface area (Å²) in [6, 6.07) is 7.43. The Hall–Kier alpha value is -1.92. The third kappa shape index (κ3) is 4.09. The summed E-state index contributed by atoms with van der Waals surface area (Å²) in [5.41, 5.74) is 6.68. The molecule has 2 heterocycles. The number of nitrogens with zero attached hydrogens (tertiary/aromatic N) is 3. The molecule has 1 aliphatic rings. The van der Waals surface area contributed by atoms with E-state index < -0.39 is 0 Å². The van der Waals surface area contributed by atoms with Gasteiger partial charge in [-0.15, -0.1) is 0 Å². The standard InChI is InChI=1S/C16H19ClN4O2/c17-12-3-1-11(2-4-12)16-19-14(23-20-16)5-6-15(22)21-9-7-13(18)8-10-21/h1-4,13H,5-10,18H2. The minimum Gasteiger partial charge on any atom is -0.343 e. The number of piperidine rings is 1. The Morgan fingerprint density at radius 3 is 2.70 bits per heavy atom. The van der Waals surface area contributed by atoms with Gasteiger partial charge in [-0.3, -0.25) is 4.79 Å². The SMILES string of the molecule is NC1CCN(C(=O)CCc2nc(-c3ccc(Cl)cc3)no2)CC1. The van der Waals surface area contributed by atoms with Crippen LogP contribution in [0.25, 0.3) is 11.4 Å². The van der Waals surface area contributed by atoms with Crippen LogP contribution in [0.2, 0.25) is 5.02 Å². The fraction of sp³-hybridized carbons (Fsp3) is 0.438. The van der Waals surface area contributed by atoms with Gasteiger partial charge in [0.2, 0.25) is 17.6 Å². The highest BCUT2D eigenvalue weighted by Gasteiger charge is 2.21. The number of amides is 1. The van der Waals surface area contributed by atoms with Crippen LogP contribution in [-0.2, 0) is 11.2 Å². The van der Waals surface area contributed by atoms with Crippen LogP contribution in [-0.4, -0.2) is 40.1 Å². The van der Waals surface area contributed by atoms with Crippen LogP contribution in [0.3, 0.4) is 0 Å². The quantitative estimate of drug-likeness (QED) is 0.927. The lowest BCUT2D eigenvalue weighted by Crippen LogP contribution is -2.42. The van der Waals surface area contributed by atoms with E-state index in [2.05, 4.69) is 10.1 Å². The van der Waals surface area contributed by atoms with Crippen molar-refractivity contribution in [2.24, 2.45) is 5.73 Å². The number of aryl methyl sites for hydroxylation is 1. The molecule has 0 atom stereocenters. The predicted octanol–water partition coefficient (Wildman–Crippen LogP) is 2.27. The van der Waals surface area contributed by atoms with Crippen LogP contribution in [0, 0.1) is 0 Å². The fourth-order valence-electron chi connectivity index (χ4n) is 2.59. The number of halogens is 1. The van der Waals surface area contributed by atoms with Crippen molar-refractivity contribution in [3.05, 3.63) is 35.2 Å². The topological polar surface area (TPSA) is 85.2 Å². The third-order valence-electron chi connectivity index (χ3n) is 4.02. The van der Waals surface area contributed by atoms with E-state index in [0.29, 0.717) is 29.6 Å². The summed E-state index contributed by atoms with van der Waals surface area (Å²) in [6.45, 7) is 1.47. The lowest BCUT2D eigenvalue weighted by Gasteiger charge is -2.30. The average molecular weight is 335 g/mol. The summed E-state index contributed by atoms with van der Waals surface area (Å²) in [5, 5.41) is 4.60. The summed E-state index contributed by atoms with van der Waals surface area (Å²) < 4.78 is 5.22. The molecule has 122 valence electrons. The summed E-state index contributed by atoms with van der Waals surface area (Å²) in [6.07, 6.45) is 2.56. The van der Waals surface area contributed by atoms with Crippen molar-refractivity contribution in [2.75, 3.05) is 13.1 Å². The Labute approximate surface area is 139 Å². The number of hydrogen-bond acceptors (Lipinski definition) is 5. The van der Waals surface area contributed by atoms with Gasteiger partial charge in [0.05, 0.1) is 0 Å². The molecule has 0 aliphatic carbocycles. The van der Waals surface area contributed by atoms with Crippen LogP contribution in [0.15, 0.2) is 28.8 Å². The molecular weight excluding hydrogens is 316 g/mol. The van der Waals surface area contributed by atoms with E-state index in [9.17, 15) is 4.79 Å². The Kier molecular flexibility index (Phi) is 4.93. The Morgan fingerprint density at radius 1 is 1.30 bits per heavy atom. The summed E-state index contributed by atoms with van der Waals surface area (Å²) in [7, 11) is 0. The zero-order chi connectivity index (χ0) is 16.2. The molecule has 1 aromatic carbocycles. The maximum absolute atomic E-state index is 12.2. The van der Waals surface area contributed by atoms with Crippen molar-refractivity contribution in [3.8, 4) is 11.4 Å². The number of likely N-dealkylation sites (tertiary alicyclic amines) is 1. The molecule has 7 heteroatoms. The number of rotatable bonds is 4. The lowest BCUT2D eigenvalue weighted by atomic mass is 10.1. The highest BCUT2D eigenvalue weighted by molar-refractivity contribution is 6.30. The number of benzene rings is 1. The molecule has 2 aromatic rings. The number of nitrogens with two attached hydrogens (primary N) is 1. The Bertz CT molecular complexity index is 663. The first-order chi connectivity index (χ1) is 11.1. The molecule has 1 saturated heterocycles. The predicted molar refractivity (Wildman–Crippen MR) is 86.9 cm³/mol. The summed E-state index contributed by atoms with van der Waals surface area (Å²) in [4.78, 5) is 18.4. The Morgan fingerprint density at radius 2 is 2.00 bits per heavy atom. The first-order valence-corrected chi connectivity index (χ1v) is 8.11. The molecule has 0 spiro atoms. The molecule has 0 radical (unpaired) electrons. The smallest absolute Gasteiger partial charge is 0.227 e. The number of carbonyl (C=O) groups is 1. The van der Waals surface area contributed by atoms with Gasteiger partial charge in [0.25, 0.3) is 0 Å². The molecule has 23 heavy (non-hydrogen) atoms. The molecular formula is C16H19ClN4O2. The van der Waals surface area contributed by atoms with Gasteiger partial charge in [-0.2, -0.15) is 4.98 Å². The fourth-order valence-corrected chi connectivity index (χ4v) is 2.72. The van der Waals surface area contributed by atoms with Gasteiger partial charge < -0.3 is 15.2 Å². The minimum absolute atomic E-state index is 0.114. The molecule has 3 rings (SSSR count). The maximum Gasteiger partial charge on any atom is 0.227 e. The number of hydrogen-bond donors (Lipinski definition) is 1. The largest absolute Gasteiger partial charge is 0.343 e. The van der Waals surface area contributed by atoms with Crippen LogP contribution in [0.1, 0.15) is 25.2 Å². The molecule has 2 N–H and O–H groups in total. The average Bonchev–Trinajstić information content (AvgIpc) is 3.03. The second-order valence-electron chi connectivity index (χ2n) is 5.74. The van der Waals surface area contributed by atoms with Crippen molar-refractivity contribution in [1.29, 1.82) is 0 Å². The first kappa shape index (κ1) is 16.0. The molecule has 1 fully saturated rings.